The standard InChI is InChI=1S/C17H26N2O2/c1-13(2)11-17(4,20)12-19-14(3)15-5-7-16(8-6-15)21-10-9-18/h5-8,13-14,19-20H,10-12H2,1-4H3. The van der Waals surface area contributed by atoms with Crippen molar-refractivity contribution in [3.63, 3.8) is 0 Å². The Hall–Kier alpha value is -1.57. The molecule has 0 amide bonds. The first-order valence-corrected chi connectivity index (χ1v) is 7.39. The highest BCUT2D eigenvalue weighted by Gasteiger charge is 2.22. The Morgan fingerprint density at radius 3 is 2.43 bits per heavy atom. The summed E-state index contributed by atoms with van der Waals surface area (Å²) in [7, 11) is 0. The molecule has 2 atom stereocenters. The molecule has 2 N–H and O–H groups in total. The number of nitrogens with one attached hydrogen (secondary N) is 1. The second-order valence-electron chi connectivity index (χ2n) is 6.21. The second-order valence-corrected chi connectivity index (χ2v) is 6.21. The lowest BCUT2D eigenvalue weighted by Gasteiger charge is -2.27. The number of rotatable bonds is 8. The third kappa shape index (κ3) is 6.61. The van der Waals surface area contributed by atoms with Crippen LogP contribution in [0.4, 0.5) is 0 Å². The van der Waals surface area contributed by atoms with Gasteiger partial charge in [-0.1, -0.05) is 26.0 Å². The monoisotopic (exact) mass is 290 g/mol. The zero-order valence-electron chi connectivity index (χ0n) is 13.4. The summed E-state index contributed by atoms with van der Waals surface area (Å²) in [6, 6.07) is 9.75. The van der Waals surface area contributed by atoms with Crippen molar-refractivity contribution >= 4 is 0 Å². The minimum Gasteiger partial charge on any atom is -0.479 e. The highest BCUT2D eigenvalue weighted by atomic mass is 16.5. The van der Waals surface area contributed by atoms with E-state index >= 15 is 0 Å². The van der Waals surface area contributed by atoms with E-state index in [1.54, 1.807) is 0 Å². The van der Waals surface area contributed by atoms with E-state index in [4.69, 9.17) is 10.00 Å². The molecule has 0 aliphatic heterocycles. The fourth-order valence-electron chi connectivity index (χ4n) is 2.41. The maximum atomic E-state index is 10.3. The van der Waals surface area contributed by atoms with Crippen LogP contribution in [0.3, 0.4) is 0 Å². The van der Waals surface area contributed by atoms with Crippen LogP contribution in [0.2, 0.25) is 0 Å². The minimum absolute atomic E-state index is 0.0607. The van der Waals surface area contributed by atoms with E-state index in [2.05, 4.69) is 26.1 Å². The molecule has 4 nitrogen and oxygen atoms in total. The molecule has 0 radical (unpaired) electrons. The largest absolute Gasteiger partial charge is 0.479 e. The second kappa shape index (κ2) is 8.02. The number of hydrogen-bond donors (Lipinski definition) is 2. The molecular formula is C17H26N2O2. The Bertz CT molecular complexity index is 461. The van der Waals surface area contributed by atoms with Crippen molar-refractivity contribution in [2.75, 3.05) is 13.2 Å². The molecule has 0 heterocycles. The van der Waals surface area contributed by atoms with Crippen LogP contribution in [0.25, 0.3) is 0 Å². The normalized spacial score (nSPS) is 15.3. The van der Waals surface area contributed by atoms with Gasteiger partial charge in [0.1, 0.15) is 11.8 Å². The number of hydrogen-bond acceptors (Lipinski definition) is 4. The molecule has 0 aromatic heterocycles. The van der Waals surface area contributed by atoms with Gasteiger partial charge in [-0.15, -0.1) is 0 Å². The molecule has 0 aliphatic rings. The van der Waals surface area contributed by atoms with Crippen molar-refractivity contribution < 1.29 is 9.84 Å². The van der Waals surface area contributed by atoms with Crippen molar-refractivity contribution in [3.8, 4) is 11.8 Å². The molecule has 0 spiro atoms. The first kappa shape index (κ1) is 17.5. The van der Waals surface area contributed by atoms with E-state index in [9.17, 15) is 5.11 Å². The summed E-state index contributed by atoms with van der Waals surface area (Å²) in [4.78, 5) is 0. The molecule has 0 saturated heterocycles. The minimum atomic E-state index is -0.696. The number of nitrogens with zero attached hydrogens (tertiary/aromatic N) is 1. The third-order valence-electron chi connectivity index (χ3n) is 3.32. The molecular weight excluding hydrogens is 264 g/mol. The highest BCUT2D eigenvalue weighted by Crippen LogP contribution is 2.20. The van der Waals surface area contributed by atoms with Crippen LogP contribution in [0.5, 0.6) is 5.75 Å². The molecule has 4 heteroatoms. The fraction of sp³-hybridized carbons (Fsp3) is 0.588. The van der Waals surface area contributed by atoms with E-state index in [1.807, 2.05) is 37.3 Å². The number of nitriles is 1. The topological polar surface area (TPSA) is 65.3 Å². The van der Waals surface area contributed by atoms with Crippen LogP contribution in [0.15, 0.2) is 24.3 Å². The van der Waals surface area contributed by atoms with E-state index in [1.165, 1.54) is 0 Å². The van der Waals surface area contributed by atoms with Gasteiger partial charge in [-0.3, -0.25) is 0 Å². The predicted molar refractivity (Wildman–Crippen MR) is 84.0 cm³/mol. The fourth-order valence-corrected chi connectivity index (χ4v) is 2.41. The summed E-state index contributed by atoms with van der Waals surface area (Å²) in [6.07, 6.45) is 0.771. The van der Waals surface area contributed by atoms with Crippen molar-refractivity contribution in [2.24, 2.45) is 5.92 Å². The first-order chi connectivity index (χ1) is 9.84. The maximum absolute atomic E-state index is 10.3. The Labute approximate surface area is 127 Å². The Morgan fingerprint density at radius 1 is 1.29 bits per heavy atom. The summed E-state index contributed by atoms with van der Waals surface area (Å²) >= 11 is 0. The molecule has 0 aliphatic carbocycles. The molecule has 2 unspecified atom stereocenters. The molecule has 1 aromatic carbocycles. The van der Waals surface area contributed by atoms with Gasteiger partial charge in [-0.25, -0.2) is 0 Å². The Kier molecular flexibility index (Phi) is 6.67. The van der Waals surface area contributed by atoms with Crippen LogP contribution < -0.4 is 10.1 Å². The molecule has 0 saturated carbocycles. The van der Waals surface area contributed by atoms with E-state index in [0.717, 1.165) is 12.0 Å². The van der Waals surface area contributed by atoms with Crippen LogP contribution >= 0.6 is 0 Å². The van der Waals surface area contributed by atoms with Gasteiger partial charge in [0, 0.05) is 12.6 Å². The molecule has 0 fully saturated rings. The average molecular weight is 290 g/mol. The molecule has 21 heavy (non-hydrogen) atoms. The number of ether oxygens (including phenoxy) is 1. The highest BCUT2D eigenvalue weighted by molar-refractivity contribution is 5.29. The van der Waals surface area contributed by atoms with Gasteiger partial charge < -0.3 is 15.2 Å². The zero-order valence-corrected chi connectivity index (χ0v) is 13.4. The van der Waals surface area contributed by atoms with Gasteiger partial charge in [0.2, 0.25) is 0 Å². The molecule has 1 rings (SSSR count). The lowest BCUT2D eigenvalue weighted by molar-refractivity contribution is 0.0363. The summed E-state index contributed by atoms with van der Waals surface area (Å²) in [5.41, 5.74) is 0.429. The third-order valence-corrected chi connectivity index (χ3v) is 3.32. The Morgan fingerprint density at radius 2 is 1.90 bits per heavy atom. The van der Waals surface area contributed by atoms with Gasteiger partial charge in [-0.2, -0.15) is 5.26 Å². The van der Waals surface area contributed by atoms with Crippen molar-refractivity contribution in [3.05, 3.63) is 29.8 Å². The van der Waals surface area contributed by atoms with E-state index in [-0.39, 0.29) is 12.6 Å². The summed E-state index contributed by atoms with van der Waals surface area (Å²) in [5.74, 6) is 1.16. The average Bonchev–Trinajstić information content (AvgIpc) is 2.42. The van der Waals surface area contributed by atoms with E-state index < -0.39 is 5.60 Å². The van der Waals surface area contributed by atoms with Gasteiger partial charge in [0.25, 0.3) is 0 Å². The van der Waals surface area contributed by atoms with Gasteiger partial charge in [0.05, 0.1) is 5.60 Å². The molecule has 116 valence electrons. The van der Waals surface area contributed by atoms with Crippen LogP contribution in [0, 0.1) is 17.2 Å². The summed E-state index contributed by atoms with van der Waals surface area (Å²) in [5, 5.41) is 22.1. The van der Waals surface area contributed by atoms with Crippen LogP contribution in [-0.2, 0) is 0 Å². The first-order valence-electron chi connectivity index (χ1n) is 7.39. The quantitative estimate of drug-likeness (QED) is 0.772. The van der Waals surface area contributed by atoms with Crippen LogP contribution in [0.1, 0.15) is 45.7 Å². The Balaban J connectivity index is 2.52. The van der Waals surface area contributed by atoms with Gasteiger partial charge in [0.15, 0.2) is 6.61 Å². The number of aliphatic hydroxyl groups is 1. The number of benzene rings is 1. The van der Waals surface area contributed by atoms with Crippen LogP contribution in [-0.4, -0.2) is 23.9 Å². The van der Waals surface area contributed by atoms with Crippen molar-refractivity contribution in [2.45, 2.75) is 45.8 Å². The lowest BCUT2D eigenvalue weighted by Crippen LogP contribution is -2.39. The molecule has 0 bridgehead atoms. The smallest absolute Gasteiger partial charge is 0.174 e. The summed E-state index contributed by atoms with van der Waals surface area (Å²) in [6.45, 7) is 8.77. The maximum Gasteiger partial charge on any atom is 0.174 e. The predicted octanol–water partition coefficient (Wildman–Crippen LogP) is 3.04. The summed E-state index contributed by atoms with van der Waals surface area (Å²) < 4.78 is 5.23. The lowest BCUT2D eigenvalue weighted by atomic mass is 9.94. The van der Waals surface area contributed by atoms with Gasteiger partial charge in [-0.05, 0) is 43.9 Å². The van der Waals surface area contributed by atoms with Gasteiger partial charge >= 0.3 is 0 Å². The van der Waals surface area contributed by atoms with E-state index in [0.29, 0.717) is 18.2 Å². The molecule has 1 aromatic rings. The zero-order chi connectivity index (χ0) is 15.9. The van der Waals surface area contributed by atoms with Crippen molar-refractivity contribution in [1.29, 1.82) is 5.26 Å². The SMILES string of the molecule is CC(C)CC(C)(O)CNC(C)c1ccc(OCC#N)cc1. The van der Waals surface area contributed by atoms with Crippen molar-refractivity contribution in [1.82, 2.24) is 5.32 Å².